The smallest absolute Gasteiger partial charge is 0.223 e. The van der Waals surface area contributed by atoms with E-state index in [9.17, 15) is 4.79 Å². The molecule has 0 bridgehead atoms. The molecule has 0 aromatic heterocycles. The highest BCUT2D eigenvalue weighted by atomic mass is 35.5. The number of carbonyl (C=O) groups excluding carboxylic acids is 1. The Balaban J connectivity index is 1.67. The normalized spacial score (nSPS) is 25.3. The second-order valence-electron chi connectivity index (χ2n) is 6.90. The van der Waals surface area contributed by atoms with Crippen molar-refractivity contribution in [3.8, 4) is 0 Å². The van der Waals surface area contributed by atoms with Crippen molar-refractivity contribution in [2.75, 3.05) is 19.6 Å². The van der Waals surface area contributed by atoms with Crippen LogP contribution in [-0.2, 0) is 4.79 Å². The Morgan fingerprint density at radius 2 is 2.00 bits per heavy atom. The monoisotopic (exact) mass is 334 g/mol. The summed E-state index contributed by atoms with van der Waals surface area (Å²) in [6, 6.07) is 8.27. The molecule has 1 amide bonds. The van der Waals surface area contributed by atoms with E-state index in [4.69, 9.17) is 11.6 Å². The predicted molar refractivity (Wildman–Crippen MR) is 94.6 cm³/mol. The number of amides is 1. The van der Waals surface area contributed by atoms with Crippen LogP contribution in [0.1, 0.15) is 56.6 Å². The summed E-state index contributed by atoms with van der Waals surface area (Å²) in [5.41, 5.74) is 1.23. The maximum absolute atomic E-state index is 12.8. The van der Waals surface area contributed by atoms with Gasteiger partial charge in [-0.15, -0.1) is 0 Å². The van der Waals surface area contributed by atoms with Gasteiger partial charge in [0.2, 0.25) is 5.91 Å². The summed E-state index contributed by atoms with van der Waals surface area (Å²) in [6.45, 7) is 3.08. The van der Waals surface area contributed by atoms with Gasteiger partial charge in [0.15, 0.2) is 0 Å². The van der Waals surface area contributed by atoms with Crippen LogP contribution >= 0.6 is 11.6 Å². The summed E-state index contributed by atoms with van der Waals surface area (Å²) in [5.74, 6) is 1.01. The second kappa shape index (κ2) is 8.16. The number of hydrogen-bond acceptors (Lipinski definition) is 2. The number of halogens is 1. The van der Waals surface area contributed by atoms with Crippen LogP contribution in [0.5, 0.6) is 0 Å². The van der Waals surface area contributed by atoms with Crippen LogP contribution < -0.4 is 5.32 Å². The van der Waals surface area contributed by atoms with Gasteiger partial charge in [-0.1, -0.05) is 36.6 Å². The Kier molecular flexibility index (Phi) is 5.96. The number of rotatable bonds is 4. The molecule has 4 heteroatoms. The molecule has 0 spiro atoms. The molecule has 2 fully saturated rings. The van der Waals surface area contributed by atoms with Gasteiger partial charge in [-0.25, -0.2) is 0 Å². The molecule has 2 atom stereocenters. The SMILES string of the molecule is O=C(CCC1CCNC1)N1CCCCCC1c1ccc(Cl)cc1. The highest BCUT2D eigenvalue weighted by molar-refractivity contribution is 6.30. The van der Waals surface area contributed by atoms with Gasteiger partial charge in [-0.2, -0.15) is 0 Å². The van der Waals surface area contributed by atoms with E-state index in [1.165, 1.54) is 24.8 Å². The third-order valence-corrected chi connectivity index (χ3v) is 5.51. The topological polar surface area (TPSA) is 32.3 Å². The lowest BCUT2D eigenvalue weighted by atomic mass is 9.99. The van der Waals surface area contributed by atoms with Gasteiger partial charge in [0.05, 0.1) is 6.04 Å². The number of nitrogens with one attached hydrogen (secondary N) is 1. The van der Waals surface area contributed by atoms with Crippen molar-refractivity contribution < 1.29 is 4.79 Å². The van der Waals surface area contributed by atoms with Gasteiger partial charge >= 0.3 is 0 Å². The van der Waals surface area contributed by atoms with E-state index in [-0.39, 0.29) is 6.04 Å². The first-order chi connectivity index (χ1) is 11.2. The molecule has 2 saturated heterocycles. The minimum absolute atomic E-state index is 0.226. The molecule has 3 rings (SSSR count). The number of benzene rings is 1. The molecule has 0 saturated carbocycles. The van der Waals surface area contributed by atoms with Gasteiger partial charge in [-0.3, -0.25) is 4.79 Å². The molecule has 2 unspecified atom stereocenters. The molecule has 3 nitrogen and oxygen atoms in total. The Morgan fingerprint density at radius 1 is 1.17 bits per heavy atom. The van der Waals surface area contributed by atoms with Crippen molar-refractivity contribution in [3.05, 3.63) is 34.9 Å². The fraction of sp³-hybridized carbons (Fsp3) is 0.632. The van der Waals surface area contributed by atoms with E-state index in [1.54, 1.807) is 0 Å². The Morgan fingerprint density at radius 3 is 2.74 bits per heavy atom. The summed E-state index contributed by atoms with van der Waals surface area (Å²) < 4.78 is 0. The van der Waals surface area contributed by atoms with Crippen molar-refractivity contribution in [2.24, 2.45) is 5.92 Å². The lowest BCUT2D eigenvalue weighted by Gasteiger charge is -2.31. The summed E-state index contributed by atoms with van der Waals surface area (Å²) in [7, 11) is 0. The van der Waals surface area contributed by atoms with Crippen LogP contribution in [-0.4, -0.2) is 30.4 Å². The molecular formula is C19H27ClN2O. The number of likely N-dealkylation sites (tertiary alicyclic amines) is 1. The number of nitrogens with zero attached hydrogens (tertiary/aromatic N) is 1. The van der Waals surface area contributed by atoms with Crippen LogP contribution in [0.15, 0.2) is 24.3 Å². The summed E-state index contributed by atoms with van der Waals surface area (Å²) in [5, 5.41) is 4.15. The maximum atomic E-state index is 12.8. The summed E-state index contributed by atoms with van der Waals surface area (Å²) >= 11 is 6.02. The lowest BCUT2D eigenvalue weighted by molar-refractivity contribution is -0.134. The fourth-order valence-corrected chi connectivity index (χ4v) is 4.00. The third-order valence-electron chi connectivity index (χ3n) is 5.26. The van der Waals surface area contributed by atoms with Crippen LogP contribution in [0, 0.1) is 5.92 Å². The molecule has 1 aromatic carbocycles. The van der Waals surface area contributed by atoms with Crippen LogP contribution in [0.25, 0.3) is 0 Å². The van der Waals surface area contributed by atoms with Gasteiger partial charge in [0, 0.05) is 18.0 Å². The molecule has 2 aliphatic heterocycles. The lowest BCUT2D eigenvalue weighted by Crippen LogP contribution is -2.35. The predicted octanol–water partition coefficient (Wildman–Crippen LogP) is 4.17. The van der Waals surface area contributed by atoms with E-state index < -0.39 is 0 Å². The highest BCUT2D eigenvalue weighted by Gasteiger charge is 2.27. The van der Waals surface area contributed by atoms with E-state index in [0.717, 1.165) is 43.9 Å². The maximum Gasteiger partial charge on any atom is 0.223 e. The van der Waals surface area contributed by atoms with E-state index in [2.05, 4.69) is 22.3 Å². The van der Waals surface area contributed by atoms with Crippen molar-refractivity contribution in [1.82, 2.24) is 10.2 Å². The molecule has 2 aliphatic rings. The largest absolute Gasteiger partial charge is 0.336 e. The molecule has 1 aromatic rings. The standard InChI is InChI=1S/C19H27ClN2O/c20-17-8-6-16(7-9-17)18-4-2-1-3-13-22(18)19(23)10-5-15-11-12-21-14-15/h6-9,15,18,21H,1-5,10-14H2. The van der Waals surface area contributed by atoms with Gasteiger partial charge in [-0.05, 0) is 62.4 Å². The first-order valence-electron chi connectivity index (χ1n) is 8.99. The zero-order valence-corrected chi connectivity index (χ0v) is 14.5. The molecule has 126 valence electrons. The minimum Gasteiger partial charge on any atom is -0.336 e. The number of hydrogen-bond donors (Lipinski definition) is 1. The fourth-order valence-electron chi connectivity index (χ4n) is 3.87. The quantitative estimate of drug-likeness (QED) is 0.896. The second-order valence-corrected chi connectivity index (χ2v) is 7.34. The average Bonchev–Trinajstić information content (AvgIpc) is 2.96. The first-order valence-corrected chi connectivity index (χ1v) is 9.37. The number of carbonyl (C=O) groups is 1. The zero-order valence-electron chi connectivity index (χ0n) is 13.8. The molecule has 0 radical (unpaired) electrons. The minimum atomic E-state index is 0.226. The van der Waals surface area contributed by atoms with Crippen LogP contribution in [0.3, 0.4) is 0 Å². The summed E-state index contributed by atoms with van der Waals surface area (Å²) in [4.78, 5) is 15.0. The molecule has 23 heavy (non-hydrogen) atoms. The van der Waals surface area contributed by atoms with Crippen LogP contribution in [0.2, 0.25) is 5.02 Å². The molecule has 0 aliphatic carbocycles. The van der Waals surface area contributed by atoms with Gasteiger partial charge in [0.1, 0.15) is 0 Å². The Labute approximate surface area is 144 Å². The Hall–Kier alpha value is -1.06. The molecule has 2 heterocycles. The van der Waals surface area contributed by atoms with E-state index in [1.807, 2.05) is 12.1 Å². The van der Waals surface area contributed by atoms with E-state index in [0.29, 0.717) is 18.2 Å². The van der Waals surface area contributed by atoms with Gasteiger partial charge in [0.25, 0.3) is 0 Å². The first kappa shape index (κ1) is 16.8. The Bertz CT molecular complexity index is 511. The van der Waals surface area contributed by atoms with Crippen LogP contribution in [0.4, 0.5) is 0 Å². The van der Waals surface area contributed by atoms with Gasteiger partial charge < -0.3 is 10.2 Å². The van der Waals surface area contributed by atoms with Crippen molar-refractivity contribution in [1.29, 1.82) is 0 Å². The summed E-state index contributed by atoms with van der Waals surface area (Å²) in [6.07, 6.45) is 7.54. The average molecular weight is 335 g/mol. The highest BCUT2D eigenvalue weighted by Crippen LogP contribution is 2.32. The third kappa shape index (κ3) is 4.48. The van der Waals surface area contributed by atoms with Crippen molar-refractivity contribution >= 4 is 17.5 Å². The van der Waals surface area contributed by atoms with Crippen molar-refractivity contribution in [3.63, 3.8) is 0 Å². The van der Waals surface area contributed by atoms with Crippen molar-refractivity contribution in [2.45, 2.75) is 51.0 Å². The zero-order chi connectivity index (χ0) is 16.1. The molecular weight excluding hydrogens is 308 g/mol. The van der Waals surface area contributed by atoms with E-state index >= 15 is 0 Å². The molecule has 1 N–H and O–H groups in total.